The van der Waals surface area contributed by atoms with E-state index in [0.717, 1.165) is 11.1 Å². The summed E-state index contributed by atoms with van der Waals surface area (Å²) in [4.78, 5) is 0. The van der Waals surface area contributed by atoms with E-state index in [1.54, 1.807) is 19.9 Å². The van der Waals surface area contributed by atoms with E-state index in [1.807, 2.05) is 6.92 Å². The largest absolute Gasteiger partial charge is 0.395 e. The smallest absolute Gasteiger partial charge is 0.170 e. The van der Waals surface area contributed by atoms with Crippen molar-refractivity contribution in [2.75, 3.05) is 0 Å². The standard InChI is InChI=1S/C10H13F3/c1-6-4-8(3)9(5-7(6)2)10(11,12)13/h4-5,8-9H,1-3H3. The van der Waals surface area contributed by atoms with Crippen LogP contribution in [0.2, 0.25) is 0 Å². The molecule has 0 aromatic heterocycles. The molecule has 0 bridgehead atoms. The van der Waals surface area contributed by atoms with Crippen LogP contribution in [0.5, 0.6) is 0 Å². The second-order valence-electron chi connectivity index (χ2n) is 3.63. The van der Waals surface area contributed by atoms with Gasteiger partial charge in [-0.1, -0.05) is 30.2 Å². The third-order valence-electron chi connectivity index (χ3n) is 2.51. The average molecular weight is 190 g/mol. The lowest BCUT2D eigenvalue weighted by Gasteiger charge is -2.26. The van der Waals surface area contributed by atoms with Gasteiger partial charge in [0.1, 0.15) is 0 Å². The summed E-state index contributed by atoms with van der Waals surface area (Å²) in [6.45, 7) is 5.16. The van der Waals surface area contributed by atoms with Gasteiger partial charge in [-0.3, -0.25) is 0 Å². The first kappa shape index (κ1) is 10.4. The van der Waals surface area contributed by atoms with Crippen molar-refractivity contribution in [2.24, 2.45) is 11.8 Å². The molecule has 0 aromatic rings. The fourth-order valence-corrected chi connectivity index (χ4v) is 1.57. The van der Waals surface area contributed by atoms with Crippen LogP contribution < -0.4 is 0 Å². The van der Waals surface area contributed by atoms with Crippen molar-refractivity contribution in [3.05, 3.63) is 23.3 Å². The van der Waals surface area contributed by atoms with Crippen LogP contribution in [0, 0.1) is 11.8 Å². The zero-order valence-electron chi connectivity index (χ0n) is 7.94. The fraction of sp³-hybridized carbons (Fsp3) is 0.600. The Morgan fingerprint density at radius 3 is 2.00 bits per heavy atom. The minimum atomic E-state index is -4.11. The number of halogens is 3. The lowest BCUT2D eigenvalue weighted by atomic mass is 9.84. The molecule has 0 saturated carbocycles. The predicted octanol–water partition coefficient (Wildman–Crippen LogP) is 3.71. The molecule has 74 valence electrons. The summed E-state index contributed by atoms with van der Waals surface area (Å²) in [6, 6.07) is 0. The van der Waals surface area contributed by atoms with Crippen LogP contribution in [0.25, 0.3) is 0 Å². The van der Waals surface area contributed by atoms with Gasteiger partial charge in [0.05, 0.1) is 5.92 Å². The molecule has 0 aromatic carbocycles. The summed E-state index contributed by atoms with van der Waals surface area (Å²) < 4.78 is 37.3. The van der Waals surface area contributed by atoms with Crippen molar-refractivity contribution in [2.45, 2.75) is 26.9 Å². The Balaban J connectivity index is 2.94. The molecule has 1 aliphatic rings. The summed E-state index contributed by atoms with van der Waals surface area (Å²) >= 11 is 0. The lowest BCUT2D eigenvalue weighted by Crippen LogP contribution is -2.28. The van der Waals surface area contributed by atoms with Gasteiger partial charge in [0.15, 0.2) is 0 Å². The van der Waals surface area contributed by atoms with E-state index in [1.165, 1.54) is 6.08 Å². The first-order valence-corrected chi connectivity index (χ1v) is 4.26. The Morgan fingerprint density at radius 1 is 1.08 bits per heavy atom. The topological polar surface area (TPSA) is 0 Å². The van der Waals surface area contributed by atoms with E-state index in [4.69, 9.17) is 0 Å². The van der Waals surface area contributed by atoms with E-state index in [2.05, 4.69) is 0 Å². The molecule has 0 spiro atoms. The Kier molecular flexibility index (Phi) is 2.55. The Hall–Kier alpha value is -0.730. The van der Waals surface area contributed by atoms with Crippen LogP contribution in [0.15, 0.2) is 23.3 Å². The lowest BCUT2D eigenvalue weighted by molar-refractivity contribution is -0.169. The molecule has 0 saturated heterocycles. The average Bonchev–Trinajstić information content (AvgIpc) is 1.94. The van der Waals surface area contributed by atoms with E-state index in [0.29, 0.717) is 0 Å². The van der Waals surface area contributed by atoms with Crippen molar-refractivity contribution in [3.63, 3.8) is 0 Å². The van der Waals surface area contributed by atoms with Crippen LogP contribution in [-0.2, 0) is 0 Å². The van der Waals surface area contributed by atoms with Gasteiger partial charge in [0, 0.05) is 0 Å². The predicted molar refractivity (Wildman–Crippen MR) is 46.2 cm³/mol. The first-order valence-electron chi connectivity index (χ1n) is 4.26. The molecule has 0 fully saturated rings. The SMILES string of the molecule is CC1=CC(C)C(C(F)(F)F)C=C1C. The molecule has 3 heteroatoms. The highest BCUT2D eigenvalue weighted by molar-refractivity contribution is 5.32. The molecule has 0 nitrogen and oxygen atoms in total. The molecule has 0 amide bonds. The molecule has 0 heterocycles. The zero-order chi connectivity index (χ0) is 10.2. The number of allylic oxidation sites excluding steroid dienone is 4. The van der Waals surface area contributed by atoms with E-state index in [9.17, 15) is 13.2 Å². The maximum atomic E-state index is 12.4. The third kappa shape index (κ3) is 2.14. The van der Waals surface area contributed by atoms with Gasteiger partial charge in [-0.25, -0.2) is 0 Å². The van der Waals surface area contributed by atoms with Crippen molar-refractivity contribution >= 4 is 0 Å². The van der Waals surface area contributed by atoms with Gasteiger partial charge in [-0.05, 0) is 19.8 Å². The maximum absolute atomic E-state index is 12.4. The number of alkyl halides is 3. The molecule has 2 atom stereocenters. The molecule has 13 heavy (non-hydrogen) atoms. The number of rotatable bonds is 0. The normalized spacial score (nSPS) is 29.7. The number of hydrogen-bond acceptors (Lipinski definition) is 0. The van der Waals surface area contributed by atoms with Crippen LogP contribution >= 0.6 is 0 Å². The maximum Gasteiger partial charge on any atom is 0.395 e. The van der Waals surface area contributed by atoms with Crippen molar-refractivity contribution in [3.8, 4) is 0 Å². The summed E-state index contributed by atoms with van der Waals surface area (Å²) in [7, 11) is 0. The van der Waals surface area contributed by atoms with Crippen LogP contribution in [0.3, 0.4) is 0 Å². The molecule has 0 aliphatic heterocycles. The van der Waals surface area contributed by atoms with Crippen LogP contribution in [-0.4, -0.2) is 6.18 Å². The van der Waals surface area contributed by atoms with Crippen molar-refractivity contribution < 1.29 is 13.2 Å². The molecular formula is C10H13F3. The van der Waals surface area contributed by atoms with Crippen LogP contribution in [0.1, 0.15) is 20.8 Å². The Bertz CT molecular complexity index is 258. The fourth-order valence-electron chi connectivity index (χ4n) is 1.57. The van der Waals surface area contributed by atoms with E-state index < -0.39 is 18.0 Å². The molecule has 0 N–H and O–H groups in total. The minimum absolute atomic E-state index is 0.441. The Morgan fingerprint density at radius 2 is 1.54 bits per heavy atom. The summed E-state index contributed by atoms with van der Waals surface area (Å²) in [5.41, 5.74) is 1.69. The third-order valence-corrected chi connectivity index (χ3v) is 2.51. The first-order chi connectivity index (χ1) is 5.82. The molecule has 1 aliphatic carbocycles. The van der Waals surface area contributed by atoms with Crippen molar-refractivity contribution in [1.82, 2.24) is 0 Å². The van der Waals surface area contributed by atoms with Gasteiger partial charge in [0.25, 0.3) is 0 Å². The highest BCUT2D eigenvalue weighted by Crippen LogP contribution is 2.38. The summed E-state index contributed by atoms with van der Waals surface area (Å²) in [6.07, 6.45) is -1.11. The number of hydrogen-bond donors (Lipinski definition) is 0. The van der Waals surface area contributed by atoms with Gasteiger partial charge in [-0.2, -0.15) is 13.2 Å². The summed E-state index contributed by atoms with van der Waals surface area (Å²) in [5, 5.41) is 0. The Labute approximate surface area is 76.1 Å². The second kappa shape index (κ2) is 3.20. The van der Waals surface area contributed by atoms with E-state index >= 15 is 0 Å². The van der Waals surface area contributed by atoms with Gasteiger partial charge < -0.3 is 0 Å². The van der Waals surface area contributed by atoms with Crippen molar-refractivity contribution in [1.29, 1.82) is 0 Å². The monoisotopic (exact) mass is 190 g/mol. The highest BCUT2D eigenvalue weighted by atomic mass is 19.4. The zero-order valence-corrected chi connectivity index (χ0v) is 7.94. The molecule has 2 unspecified atom stereocenters. The van der Waals surface area contributed by atoms with Gasteiger partial charge in [-0.15, -0.1) is 0 Å². The second-order valence-corrected chi connectivity index (χ2v) is 3.63. The van der Waals surface area contributed by atoms with Gasteiger partial charge >= 0.3 is 6.18 Å². The molecule has 1 rings (SSSR count). The quantitative estimate of drug-likeness (QED) is 0.546. The van der Waals surface area contributed by atoms with Gasteiger partial charge in [0.2, 0.25) is 0 Å². The van der Waals surface area contributed by atoms with E-state index in [-0.39, 0.29) is 0 Å². The highest BCUT2D eigenvalue weighted by Gasteiger charge is 2.41. The molecule has 0 radical (unpaired) electrons. The van der Waals surface area contributed by atoms with Crippen LogP contribution in [0.4, 0.5) is 13.2 Å². The summed E-state index contributed by atoms with van der Waals surface area (Å²) in [5.74, 6) is -1.75. The minimum Gasteiger partial charge on any atom is -0.170 e. The molecular weight excluding hydrogens is 177 g/mol.